The largest absolute Gasteiger partial charge is 0.496 e. The minimum Gasteiger partial charge on any atom is -0.496 e. The molecule has 1 aliphatic rings. The average molecular weight is 781 g/mol. The van der Waals surface area contributed by atoms with Crippen molar-refractivity contribution < 1.29 is 29.3 Å². The zero-order valence-electron chi connectivity index (χ0n) is 31.4. The number of nitrogen functional groups attached to an aromatic ring is 1. The van der Waals surface area contributed by atoms with Gasteiger partial charge in [0.15, 0.2) is 5.82 Å². The molecule has 0 bridgehead atoms. The zero-order valence-corrected chi connectivity index (χ0v) is 32.2. The number of unbranched alkanes of at least 4 members (excludes halogenated alkanes) is 2. The van der Waals surface area contributed by atoms with Gasteiger partial charge in [0.1, 0.15) is 23.0 Å². The smallest absolute Gasteiger partial charge is 0.321 e. The Morgan fingerprint density at radius 1 is 1.04 bits per heavy atom. The maximum absolute atomic E-state index is 12.7. The van der Waals surface area contributed by atoms with Crippen LogP contribution in [0.4, 0.5) is 11.8 Å². The molecule has 4 aromatic rings. The van der Waals surface area contributed by atoms with E-state index in [4.69, 9.17) is 21.3 Å². The summed E-state index contributed by atoms with van der Waals surface area (Å²) in [6.45, 7) is 9.53. The van der Waals surface area contributed by atoms with Gasteiger partial charge in [-0.15, -0.1) is 16.9 Å². The number of amides is 1. The summed E-state index contributed by atoms with van der Waals surface area (Å²) < 4.78 is 9.72. The summed E-state index contributed by atoms with van der Waals surface area (Å²) in [5.41, 5.74) is 16.0. The fraction of sp³-hybridized carbons (Fsp3) is 0.528. The first-order chi connectivity index (χ1) is 26.5. The number of aliphatic carboxylic acids is 2. The third-order valence-electron chi connectivity index (χ3n) is 9.39. The lowest BCUT2D eigenvalue weighted by Crippen LogP contribution is -2.46. The van der Waals surface area contributed by atoms with E-state index in [-0.39, 0.29) is 18.2 Å². The van der Waals surface area contributed by atoms with Gasteiger partial charge in [-0.1, -0.05) is 37.1 Å². The number of piperazine rings is 1. The van der Waals surface area contributed by atoms with Crippen LogP contribution in [0.1, 0.15) is 49.4 Å². The fourth-order valence-corrected chi connectivity index (χ4v) is 7.41. The van der Waals surface area contributed by atoms with Gasteiger partial charge in [-0.25, -0.2) is 4.98 Å². The third-order valence-corrected chi connectivity index (χ3v) is 10.7. The molecule has 1 aliphatic heterocycles. The maximum Gasteiger partial charge on any atom is 0.321 e. The average Bonchev–Trinajstić information content (AvgIpc) is 3.80. The van der Waals surface area contributed by atoms with E-state index < -0.39 is 35.6 Å². The van der Waals surface area contributed by atoms with Crippen LogP contribution in [0.15, 0.2) is 36.7 Å². The number of rotatable bonds is 22. The van der Waals surface area contributed by atoms with Gasteiger partial charge < -0.3 is 41.6 Å². The van der Waals surface area contributed by atoms with E-state index in [0.29, 0.717) is 18.8 Å². The number of nitrogens with zero attached hydrogens (tertiary/aromatic N) is 8. The molecule has 0 radical (unpaired) electrons. The molecular formula is C36H52N12O6S. The molecule has 1 amide bonds. The number of carbonyl (C=O) groups excluding carboxylic acids is 1. The van der Waals surface area contributed by atoms with Crippen LogP contribution in [0.2, 0.25) is 0 Å². The molecule has 1 saturated heterocycles. The highest BCUT2D eigenvalue weighted by molar-refractivity contribution is 8.00. The Labute approximate surface area is 324 Å². The molecule has 1 fully saturated rings. The monoisotopic (exact) mass is 780 g/mol. The lowest BCUT2D eigenvalue weighted by atomic mass is 10.1. The topological polar surface area (TPSA) is 245 Å². The van der Waals surface area contributed by atoms with Crippen molar-refractivity contribution in [3.05, 3.63) is 53.5 Å². The quantitative estimate of drug-likeness (QED) is 0.0622. The first kappa shape index (κ1) is 41.2. The molecule has 4 heterocycles. The molecule has 0 spiro atoms. The first-order valence-electron chi connectivity index (χ1n) is 18.5. The number of nitrogens with one attached hydrogen (secondary N) is 2. The van der Waals surface area contributed by atoms with Crippen molar-refractivity contribution in [2.75, 3.05) is 63.2 Å². The Hall–Kier alpha value is -4.98. The lowest BCUT2D eigenvalue weighted by Gasteiger charge is -2.34. The van der Waals surface area contributed by atoms with Gasteiger partial charge in [-0.2, -0.15) is 4.98 Å². The fourth-order valence-electron chi connectivity index (χ4n) is 6.33. The summed E-state index contributed by atoms with van der Waals surface area (Å²) in [5, 5.41) is 31.6. The maximum atomic E-state index is 12.7. The number of hydrogen-bond acceptors (Lipinski definition) is 14. The van der Waals surface area contributed by atoms with Crippen molar-refractivity contribution in [1.29, 1.82) is 0 Å². The predicted octanol–water partition coefficient (Wildman–Crippen LogP) is 1.69. The van der Waals surface area contributed by atoms with E-state index in [1.54, 1.807) is 18.0 Å². The number of fused-ring (bicyclic) bond motifs is 1. The molecule has 1 aromatic carbocycles. The van der Waals surface area contributed by atoms with Crippen molar-refractivity contribution in [2.45, 2.75) is 70.1 Å². The molecule has 19 heteroatoms. The Morgan fingerprint density at radius 3 is 2.55 bits per heavy atom. The highest BCUT2D eigenvalue weighted by Gasteiger charge is 2.25. The van der Waals surface area contributed by atoms with Gasteiger partial charge in [0.05, 0.1) is 50.1 Å². The molecule has 298 valence electrons. The predicted molar refractivity (Wildman–Crippen MR) is 210 cm³/mol. The normalized spacial score (nSPS) is 14.8. The van der Waals surface area contributed by atoms with Crippen molar-refractivity contribution in [3.63, 3.8) is 0 Å². The number of carbonyl (C=O) groups is 3. The minimum atomic E-state index is -1.22. The van der Waals surface area contributed by atoms with E-state index >= 15 is 0 Å². The number of methoxy groups -OCH3 is 1. The van der Waals surface area contributed by atoms with Crippen LogP contribution >= 0.6 is 11.8 Å². The molecule has 8 N–H and O–H groups in total. The number of hydrogen-bond donors (Lipinski definition) is 6. The minimum absolute atomic E-state index is 0.0658. The number of benzene rings is 1. The summed E-state index contributed by atoms with van der Waals surface area (Å²) in [6, 6.07) is 7.19. The van der Waals surface area contributed by atoms with Crippen LogP contribution in [-0.4, -0.2) is 131 Å². The summed E-state index contributed by atoms with van der Waals surface area (Å²) in [4.78, 5) is 48.7. The summed E-state index contributed by atoms with van der Waals surface area (Å²) >= 11 is 0.901. The van der Waals surface area contributed by atoms with E-state index in [9.17, 15) is 19.5 Å². The van der Waals surface area contributed by atoms with Gasteiger partial charge in [-0.05, 0) is 24.1 Å². The van der Waals surface area contributed by atoms with Gasteiger partial charge in [0.2, 0.25) is 11.9 Å². The zero-order chi connectivity index (χ0) is 39.3. The number of nitrogens with two attached hydrogens (primary N) is 2. The third kappa shape index (κ3) is 12.0. The van der Waals surface area contributed by atoms with Crippen molar-refractivity contribution in [2.24, 2.45) is 5.73 Å². The Bertz CT molecular complexity index is 1900. The van der Waals surface area contributed by atoms with Gasteiger partial charge in [-0.3, -0.25) is 28.9 Å². The van der Waals surface area contributed by atoms with Gasteiger partial charge in [0, 0.05) is 63.3 Å². The number of anilines is 2. The molecule has 0 saturated carbocycles. The van der Waals surface area contributed by atoms with E-state index in [0.717, 1.165) is 105 Å². The Morgan fingerprint density at radius 2 is 1.82 bits per heavy atom. The summed E-state index contributed by atoms with van der Waals surface area (Å²) in [5.74, 6) is -1.18. The number of ether oxygens (including phenoxy) is 1. The van der Waals surface area contributed by atoms with Crippen LogP contribution in [0.3, 0.4) is 0 Å². The number of aromatic nitrogens is 6. The lowest BCUT2D eigenvalue weighted by molar-refractivity contribution is -0.138. The van der Waals surface area contributed by atoms with Crippen LogP contribution in [0, 0.1) is 0 Å². The molecule has 3 aromatic heterocycles. The second-order valence-corrected chi connectivity index (χ2v) is 14.8. The standard InChI is InChI=1S/C36H52N12O6S/c1-3-4-5-9-39-33-32-28(41-36(38)42-33)8-10-47(32)21-25-7-6-24(17-29(25)54-2)20-46-13-11-45(12-14-46)15-16-48-22-26(43-44-48)19-40-34(51)30(18-31(49)50)55-23-27(37)35(52)53/h6-8,10,17,22,27,30H,3-5,9,11-16,18-21,23,37H2,1-2H3,(H,40,51)(H,49,50)(H,52,53)(H3,38,39,41,42)/t27-,30+/m0/s1. The first-order valence-corrected chi connectivity index (χ1v) is 19.5. The van der Waals surface area contributed by atoms with E-state index in [1.807, 2.05) is 12.3 Å². The highest BCUT2D eigenvalue weighted by atomic mass is 32.2. The molecule has 18 nitrogen and oxygen atoms in total. The Kier molecular flexibility index (Phi) is 15.0. The summed E-state index contributed by atoms with van der Waals surface area (Å²) in [6.07, 6.45) is 6.65. The molecule has 0 unspecified atom stereocenters. The molecule has 5 rings (SSSR count). The van der Waals surface area contributed by atoms with Crippen LogP contribution in [-0.2, 0) is 40.6 Å². The number of carboxylic acid groups (broad SMARTS) is 2. The molecule has 55 heavy (non-hydrogen) atoms. The highest BCUT2D eigenvalue weighted by Crippen LogP contribution is 2.28. The van der Waals surface area contributed by atoms with Gasteiger partial charge >= 0.3 is 11.9 Å². The van der Waals surface area contributed by atoms with E-state index in [2.05, 4.69) is 70.4 Å². The van der Waals surface area contributed by atoms with Crippen molar-refractivity contribution in [1.82, 2.24) is 44.6 Å². The number of thioether (sulfide) groups is 1. The Balaban J connectivity index is 1.07. The number of carboxylic acids is 2. The second-order valence-electron chi connectivity index (χ2n) is 13.6. The van der Waals surface area contributed by atoms with Crippen LogP contribution < -0.4 is 26.8 Å². The van der Waals surface area contributed by atoms with Crippen LogP contribution in [0.25, 0.3) is 11.0 Å². The molecule has 2 atom stereocenters. The van der Waals surface area contributed by atoms with Crippen molar-refractivity contribution in [3.8, 4) is 5.75 Å². The van der Waals surface area contributed by atoms with E-state index in [1.165, 1.54) is 5.56 Å². The SMILES string of the molecule is CCCCCNc1nc(N)nc2ccn(Cc3ccc(CN4CCN(CCn5cc(CNC(=O)[C@@H](CC(=O)O)SC[C@H](N)C(=O)O)nn5)CC4)cc3OC)c12. The second kappa shape index (κ2) is 20.1. The molecule has 0 aliphatic carbocycles. The van der Waals surface area contributed by atoms with Crippen molar-refractivity contribution >= 4 is 52.4 Å². The van der Waals surface area contributed by atoms with Crippen LogP contribution in [0.5, 0.6) is 5.75 Å². The summed E-state index contributed by atoms with van der Waals surface area (Å²) in [7, 11) is 1.70. The molecular weight excluding hydrogens is 729 g/mol. The van der Waals surface area contributed by atoms with Gasteiger partial charge in [0.25, 0.3) is 0 Å².